The van der Waals surface area contributed by atoms with E-state index in [0.717, 1.165) is 5.82 Å². The van der Waals surface area contributed by atoms with E-state index in [1.807, 2.05) is 0 Å². The van der Waals surface area contributed by atoms with Gasteiger partial charge in [0.15, 0.2) is 5.82 Å². The maximum absolute atomic E-state index is 6.23. The Morgan fingerprint density at radius 3 is 2.41 bits per heavy atom. The van der Waals surface area contributed by atoms with E-state index in [9.17, 15) is 0 Å². The predicted molar refractivity (Wildman–Crippen MR) is 66.5 cm³/mol. The SMILES string of the molecule is CC(C)(C)c1noc(C(N)C2CCCCC2)n1. The molecule has 0 bridgehead atoms. The molecule has 0 radical (unpaired) electrons. The fourth-order valence-electron chi connectivity index (χ4n) is 2.37. The van der Waals surface area contributed by atoms with Gasteiger partial charge in [-0.25, -0.2) is 0 Å². The maximum Gasteiger partial charge on any atom is 0.243 e. The van der Waals surface area contributed by atoms with Crippen molar-refractivity contribution in [1.82, 2.24) is 10.1 Å². The van der Waals surface area contributed by atoms with Crippen molar-refractivity contribution in [2.75, 3.05) is 0 Å². The molecule has 1 heterocycles. The Bertz CT molecular complexity index is 361. The number of nitrogens with two attached hydrogens (primary N) is 1. The van der Waals surface area contributed by atoms with E-state index in [1.54, 1.807) is 0 Å². The molecular weight excluding hydrogens is 214 g/mol. The Morgan fingerprint density at radius 2 is 1.88 bits per heavy atom. The van der Waals surface area contributed by atoms with Crippen LogP contribution in [0.25, 0.3) is 0 Å². The topological polar surface area (TPSA) is 64.9 Å². The van der Waals surface area contributed by atoms with E-state index >= 15 is 0 Å². The van der Waals surface area contributed by atoms with Crippen LogP contribution in [0.3, 0.4) is 0 Å². The quantitative estimate of drug-likeness (QED) is 0.858. The van der Waals surface area contributed by atoms with Gasteiger partial charge in [-0.1, -0.05) is 45.2 Å². The van der Waals surface area contributed by atoms with E-state index in [0.29, 0.717) is 11.8 Å². The molecule has 0 spiro atoms. The Morgan fingerprint density at radius 1 is 1.24 bits per heavy atom. The summed E-state index contributed by atoms with van der Waals surface area (Å²) in [7, 11) is 0. The summed E-state index contributed by atoms with van der Waals surface area (Å²) >= 11 is 0. The first-order valence-corrected chi connectivity index (χ1v) is 6.58. The van der Waals surface area contributed by atoms with Gasteiger partial charge in [0.25, 0.3) is 0 Å². The van der Waals surface area contributed by atoms with Gasteiger partial charge in [-0.15, -0.1) is 0 Å². The fraction of sp³-hybridized carbons (Fsp3) is 0.846. The third-order valence-electron chi connectivity index (χ3n) is 3.56. The van der Waals surface area contributed by atoms with Gasteiger partial charge >= 0.3 is 0 Å². The van der Waals surface area contributed by atoms with Gasteiger partial charge in [0.05, 0.1) is 6.04 Å². The van der Waals surface area contributed by atoms with Crippen LogP contribution in [-0.4, -0.2) is 10.1 Å². The van der Waals surface area contributed by atoms with Gasteiger partial charge in [-0.05, 0) is 18.8 Å². The van der Waals surface area contributed by atoms with Crippen LogP contribution in [0.15, 0.2) is 4.52 Å². The van der Waals surface area contributed by atoms with Crippen LogP contribution in [0, 0.1) is 5.92 Å². The highest BCUT2D eigenvalue weighted by Crippen LogP contribution is 2.32. The molecule has 1 aliphatic carbocycles. The zero-order valence-electron chi connectivity index (χ0n) is 11.1. The van der Waals surface area contributed by atoms with Gasteiger partial charge in [0, 0.05) is 5.41 Å². The molecule has 2 rings (SSSR count). The first-order chi connectivity index (χ1) is 7.98. The summed E-state index contributed by atoms with van der Waals surface area (Å²) < 4.78 is 5.32. The van der Waals surface area contributed by atoms with Gasteiger partial charge in [-0.2, -0.15) is 4.98 Å². The van der Waals surface area contributed by atoms with Crippen molar-refractivity contribution in [2.45, 2.75) is 64.3 Å². The molecule has 17 heavy (non-hydrogen) atoms. The van der Waals surface area contributed by atoms with Crippen molar-refractivity contribution >= 4 is 0 Å². The monoisotopic (exact) mass is 237 g/mol. The van der Waals surface area contributed by atoms with E-state index < -0.39 is 0 Å². The summed E-state index contributed by atoms with van der Waals surface area (Å²) in [4.78, 5) is 4.45. The minimum atomic E-state index is -0.0844. The molecule has 1 saturated carbocycles. The lowest BCUT2D eigenvalue weighted by atomic mass is 9.84. The normalized spacial score (nSPS) is 20.5. The number of nitrogens with zero attached hydrogens (tertiary/aromatic N) is 2. The average Bonchev–Trinajstić information content (AvgIpc) is 2.78. The molecule has 1 fully saturated rings. The molecule has 1 aromatic rings. The molecule has 96 valence electrons. The Balaban J connectivity index is 2.08. The second-order valence-electron chi connectivity index (χ2n) is 6.13. The van der Waals surface area contributed by atoms with Crippen molar-refractivity contribution in [2.24, 2.45) is 11.7 Å². The first kappa shape index (κ1) is 12.6. The summed E-state index contributed by atoms with van der Waals surface area (Å²) in [6, 6.07) is -0.0844. The van der Waals surface area contributed by atoms with Crippen molar-refractivity contribution in [3.63, 3.8) is 0 Å². The van der Waals surface area contributed by atoms with E-state index in [4.69, 9.17) is 10.3 Å². The molecule has 1 unspecified atom stereocenters. The van der Waals surface area contributed by atoms with Gasteiger partial charge in [-0.3, -0.25) is 0 Å². The van der Waals surface area contributed by atoms with Crippen molar-refractivity contribution in [3.05, 3.63) is 11.7 Å². The highest BCUT2D eigenvalue weighted by Gasteiger charge is 2.28. The van der Waals surface area contributed by atoms with Gasteiger partial charge in [0.1, 0.15) is 0 Å². The first-order valence-electron chi connectivity index (χ1n) is 6.58. The second-order valence-corrected chi connectivity index (χ2v) is 6.13. The summed E-state index contributed by atoms with van der Waals surface area (Å²) in [5.41, 5.74) is 6.15. The molecule has 4 nitrogen and oxygen atoms in total. The second kappa shape index (κ2) is 4.77. The predicted octanol–water partition coefficient (Wildman–Crippen LogP) is 2.95. The Kier molecular flexibility index (Phi) is 3.52. The maximum atomic E-state index is 6.23. The van der Waals surface area contributed by atoms with E-state index in [2.05, 4.69) is 30.9 Å². The summed E-state index contributed by atoms with van der Waals surface area (Å²) in [5, 5.41) is 4.04. The number of hydrogen-bond donors (Lipinski definition) is 1. The minimum Gasteiger partial charge on any atom is -0.338 e. The zero-order valence-corrected chi connectivity index (χ0v) is 11.1. The Labute approximate surface area is 103 Å². The smallest absolute Gasteiger partial charge is 0.243 e. The lowest BCUT2D eigenvalue weighted by Gasteiger charge is -2.24. The molecule has 0 amide bonds. The van der Waals surface area contributed by atoms with Crippen LogP contribution < -0.4 is 5.73 Å². The summed E-state index contributed by atoms with van der Waals surface area (Å²) in [5.74, 6) is 1.87. The van der Waals surface area contributed by atoms with E-state index in [-0.39, 0.29) is 11.5 Å². The lowest BCUT2D eigenvalue weighted by Crippen LogP contribution is -2.24. The number of hydrogen-bond acceptors (Lipinski definition) is 4. The molecule has 0 aromatic carbocycles. The number of aromatic nitrogens is 2. The van der Waals surface area contributed by atoms with E-state index in [1.165, 1.54) is 32.1 Å². The molecular formula is C13H23N3O. The van der Waals surface area contributed by atoms with Crippen molar-refractivity contribution < 1.29 is 4.52 Å². The third kappa shape index (κ3) is 2.86. The summed E-state index contributed by atoms with van der Waals surface area (Å²) in [6.45, 7) is 6.23. The molecule has 1 aromatic heterocycles. The highest BCUT2D eigenvalue weighted by atomic mass is 16.5. The molecule has 0 aliphatic heterocycles. The standard InChI is InChI=1S/C13H23N3O/c1-13(2,3)12-15-11(17-16-12)10(14)9-7-5-4-6-8-9/h9-10H,4-8,14H2,1-3H3. The van der Waals surface area contributed by atoms with Crippen LogP contribution in [0.4, 0.5) is 0 Å². The fourth-order valence-corrected chi connectivity index (χ4v) is 2.37. The molecule has 4 heteroatoms. The third-order valence-corrected chi connectivity index (χ3v) is 3.56. The van der Waals surface area contributed by atoms with Crippen LogP contribution in [-0.2, 0) is 5.41 Å². The van der Waals surface area contributed by atoms with Crippen LogP contribution >= 0.6 is 0 Å². The van der Waals surface area contributed by atoms with Crippen molar-refractivity contribution in [3.8, 4) is 0 Å². The van der Waals surface area contributed by atoms with Gasteiger partial charge < -0.3 is 10.3 Å². The van der Waals surface area contributed by atoms with Crippen LogP contribution in [0.1, 0.15) is 70.6 Å². The summed E-state index contributed by atoms with van der Waals surface area (Å²) in [6.07, 6.45) is 6.26. The van der Waals surface area contributed by atoms with Crippen LogP contribution in [0.2, 0.25) is 0 Å². The minimum absolute atomic E-state index is 0.0754. The molecule has 2 N–H and O–H groups in total. The highest BCUT2D eigenvalue weighted by molar-refractivity contribution is 5.02. The zero-order chi connectivity index (χ0) is 12.5. The molecule has 1 atom stereocenters. The Hall–Kier alpha value is -0.900. The van der Waals surface area contributed by atoms with Gasteiger partial charge in [0.2, 0.25) is 5.89 Å². The lowest BCUT2D eigenvalue weighted by molar-refractivity contribution is 0.254. The number of rotatable bonds is 2. The van der Waals surface area contributed by atoms with Crippen molar-refractivity contribution in [1.29, 1.82) is 0 Å². The molecule has 1 aliphatic rings. The largest absolute Gasteiger partial charge is 0.338 e. The van der Waals surface area contributed by atoms with Crippen LogP contribution in [0.5, 0.6) is 0 Å². The molecule has 0 saturated heterocycles. The average molecular weight is 237 g/mol.